The molecule has 0 nitrogen and oxygen atoms in total. The molecule has 0 bridgehead atoms. The standard InChI is InChI=1S/C14H18S/c1-3-7-13-11(4-2)10-12-8-5-6-9-14(12)15-13/h3,5-6,8-9,11,13H,1,4,7,10H2,2H3/t11-,13?/m1/s1. The first-order valence-corrected chi connectivity index (χ1v) is 6.58. The zero-order valence-electron chi connectivity index (χ0n) is 9.28. The lowest BCUT2D eigenvalue weighted by molar-refractivity contribution is 0.474. The molecule has 0 amide bonds. The van der Waals surface area contributed by atoms with Crippen molar-refractivity contribution in [1.82, 2.24) is 0 Å². The molecule has 1 unspecified atom stereocenters. The fraction of sp³-hybridized carbons (Fsp3) is 0.429. The van der Waals surface area contributed by atoms with Gasteiger partial charge < -0.3 is 0 Å². The van der Waals surface area contributed by atoms with Crippen molar-refractivity contribution in [2.75, 3.05) is 0 Å². The van der Waals surface area contributed by atoms with E-state index >= 15 is 0 Å². The van der Waals surface area contributed by atoms with Crippen LogP contribution in [0, 0.1) is 5.92 Å². The molecule has 0 radical (unpaired) electrons. The number of rotatable bonds is 3. The average molecular weight is 218 g/mol. The van der Waals surface area contributed by atoms with E-state index in [-0.39, 0.29) is 0 Å². The van der Waals surface area contributed by atoms with Crippen LogP contribution in [0.5, 0.6) is 0 Å². The van der Waals surface area contributed by atoms with E-state index in [4.69, 9.17) is 0 Å². The van der Waals surface area contributed by atoms with Gasteiger partial charge in [-0.15, -0.1) is 18.3 Å². The van der Waals surface area contributed by atoms with Crippen LogP contribution in [-0.4, -0.2) is 5.25 Å². The van der Waals surface area contributed by atoms with Gasteiger partial charge >= 0.3 is 0 Å². The summed E-state index contributed by atoms with van der Waals surface area (Å²) in [4.78, 5) is 1.48. The summed E-state index contributed by atoms with van der Waals surface area (Å²) < 4.78 is 0. The molecule has 0 saturated heterocycles. The summed E-state index contributed by atoms with van der Waals surface area (Å²) in [7, 11) is 0. The van der Waals surface area contributed by atoms with E-state index in [0.717, 1.165) is 17.6 Å². The lowest BCUT2D eigenvalue weighted by Gasteiger charge is -2.31. The summed E-state index contributed by atoms with van der Waals surface area (Å²) in [6.07, 6.45) is 5.73. The smallest absolute Gasteiger partial charge is 0.0160 e. The fourth-order valence-corrected chi connectivity index (χ4v) is 3.77. The maximum atomic E-state index is 3.87. The second-order valence-corrected chi connectivity index (χ2v) is 5.44. The third-order valence-corrected chi connectivity index (χ3v) is 4.71. The molecule has 0 aliphatic carbocycles. The van der Waals surface area contributed by atoms with Crippen LogP contribution in [0.1, 0.15) is 25.3 Å². The average Bonchev–Trinajstić information content (AvgIpc) is 2.28. The van der Waals surface area contributed by atoms with Crippen molar-refractivity contribution in [3.05, 3.63) is 42.5 Å². The highest BCUT2D eigenvalue weighted by atomic mass is 32.2. The van der Waals surface area contributed by atoms with Crippen molar-refractivity contribution in [1.29, 1.82) is 0 Å². The Morgan fingerprint density at radius 3 is 3.00 bits per heavy atom. The molecule has 2 rings (SSSR count). The van der Waals surface area contributed by atoms with Crippen LogP contribution in [0.2, 0.25) is 0 Å². The minimum atomic E-state index is 0.738. The lowest BCUT2D eigenvalue weighted by atomic mass is 9.91. The number of benzene rings is 1. The third kappa shape index (κ3) is 2.28. The Labute approximate surface area is 96.8 Å². The summed E-state index contributed by atoms with van der Waals surface area (Å²) >= 11 is 2.04. The van der Waals surface area contributed by atoms with E-state index in [1.165, 1.54) is 23.3 Å². The molecular weight excluding hydrogens is 200 g/mol. The van der Waals surface area contributed by atoms with Crippen LogP contribution in [0.3, 0.4) is 0 Å². The highest BCUT2D eigenvalue weighted by Gasteiger charge is 2.26. The Balaban J connectivity index is 2.22. The molecule has 80 valence electrons. The molecule has 1 aromatic carbocycles. The van der Waals surface area contributed by atoms with Gasteiger partial charge in [0.05, 0.1) is 0 Å². The maximum absolute atomic E-state index is 3.87. The van der Waals surface area contributed by atoms with Gasteiger partial charge in [0, 0.05) is 10.1 Å². The van der Waals surface area contributed by atoms with Crippen LogP contribution in [0.25, 0.3) is 0 Å². The van der Waals surface area contributed by atoms with Crippen molar-refractivity contribution in [3.63, 3.8) is 0 Å². The molecule has 0 aromatic heterocycles. The number of thioether (sulfide) groups is 1. The topological polar surface area (TPSA) is 0 Å². The molecule has 1 heteroatoms. The Morgan fingerprint density at radius 1 is 1.47 bits per heavy atom. The monoisotopic (exact) mass is 218 g/mol. The summed E-state index contributed by atoms with van der Waals surface area (Å²) in [6.45, 7) is 6.17. The number of allylic oxidation sites excluding steroid dienone is 1. The van der Waals surface area contributed by atoms with Crippen LogP contribution < -0.4 is 0 Å². The number of hydrogen-bond acceptors (Lipinski definition) is 1. The van der Waals surface area contributed by atoms with Crippen molar-refractivity contribution in [2.45, 2.75) is 36.3 Å². The molecule has 0 N–H and O–H groups in total. The van der Waals surface area contributed by atoms with E-state index in [2.05, 4.69) is 43.8 Å². The van der Waals surface area contributed by atoms with E-state index in [1.54, 1.807) is 0 Å². The molecule has 1 aliphatic rings. The van der Waals surface area contributed by atoms with Gasteiger partial charge in [0.25, 0.3) is 0 Å². The lowest BCUT2D eigenvalue weighted by Crippen LogP contribution is -2.22. The van der Waals surface area contributed by atoms with Gasteiger partial charge in [0.2, 0.25) is 0 Å². The van der Waals surface area contributed by atoms with Gasteiger partial charge in [0.15, 0.2) is 0 Å². The quantitative estimate of drug-likeness (QED) is 0.681. The second kappa shape index (κ2) is 4.89. The SMILES string of the molecule is C=CCC1Sc2ccccc2C[C@H]1CC. The van der Waals surface area contributed by atoms with E-state index in [1.807, 2.05) is 11.8 Å². The van der Waals surface area contributed by atoms with Crippen LogP contribution in [-0.2, 0) is 6.42 Å². The molecule has 0 fully saturated rings. The first-order valence-electron chi connectivity index (χ1n) is 5.70. The molecule has 1 heterocycles. The molecule has 0 spiro atoms. The Kier molecular flexibility index (Phi) is 3.53. The molecule has 0 saturated carbocycles. The van der Waals surface area contributed by atoms with Crippen LogP contribution in [0.4, 0.5) is 0 Å². The summed E-state index contributed by atoms with van der Waals surface area (Å²) in [5.41, 5.74) is 1.54. The van der Waals surface area contributed by atoms with E-state index < -0.39 is 0 Å². The van der Waals surface area contributed by atoms with Crippen molar-refractivity contribution in [3.8, 4) is 0 Å². The van der Waals surface area contributed by atoms with E-state index in [0.29, 0.717) is 0 Å². The van der Waals surface area contributed by atoms with Gasteiger partial charge in [-0.1, -0.05) is 37.6 Å². The van der Waals surface area contributed by atoms with Gasteiger partial charge in [-0.3, -0.25) is 0 Å². The maximum Gasteiger partial charge on any atom is 0.0160 e. The highest BCUT2D eigenvalue weighted by molar-refractivity contribution is 8.00. The third-order valence-electron chi connectivity index (χ3n) is 3.18. The molecule has 2 atom stereocenters. The normalized spacial score (nSPS) is 24.6. The van der Waals surface area contributed by atoms with Gasteiger partial charge in [-0.25, -0.2) is 0 Å². The summed E-state index contributed by atoms with van der Waals surface area (Å²) in [5.74, 6) is 0.822. The predicted molar refractivity (Wildman–Crippen MR) is 68.4 cm³/mol. The zero-order chi connectivity index (χ0) is 10.7. The van der Waals surface area contributed by atoms with Crippen LogP contribution in [0.15, 0.2) is 41.8 Å². The largest absolute Gasteiger partial charge is 0.122 e. The first-order chi connectivity index (χ1) is 7.35. The highest BCUT2D eigenvalue weighted by Crippen LogP contribution is 2.41. The Morgan fingerprint density at radius 2 is 2.27 bits per heavy atom. The molecule has 15 heavy (non-hydrogen) atoms. The Bertz CT molecular complexity index is 343. The number of hydrogen-bond donors (Lipinski definition) is 0. The van der Waals surface area contributed by atoms with Crippen molar-refractivity contribution < 1.29 is 0 Å². The minimum absolute atomic E-state index is 0.738. The van der Waals surface area contributed by atoms with Gasteiger partial charge in [0.1, 0.15) is 0 Å². The minimum Gasteiger partial charge on any atom is -0.122 e. The summed E-state index contributed by atoms with van der Waals surface area (Å²) in [6, 6.07) is 8.82. The number of fused-ring (bicyclic) bond motifs is 1. The van der Waals surface area contributed by atoms with Crippen molar-refractivity contribution in [2.24, 2.45) is 5.92 Å². The van der Waals surface area contributed by atoms with E-state index in [9.17, 15) is 0 Å². The summed E-state index contributed by atoms with van der Waals surface area (Å²) in [5, 5.41) is 0.738. The Hall–Kier alpha value is -0.690. The van der Waals surface area contributed by atoms with Crippen LogP contribution >= 0.6 is 11.8 Å². The molecule has 1 aromatic rings. The first kappa shape index (κ1) is 10.8. The second-order valence-electron chi connectivity index (χ2n) is 4.16. The van der Waals surface area contributed by atoms with Gasteiger partial charge in [-0.05, 0) is 30.4 Å². The van der Waals surface area contributed by atoms with Gasteiger partial charge in [-0.2, -0.15) is 0 Å². The van der Waals surface area contributed by atoms with Crippen molar-refractivity contribution >= 4 is 11.8 Å². The fourth-order valence-electron chi connectivity index (χ4n) is 2.27. The zero-order valence-corrected chi connectivity index (χ0v) is 10.1. The predicted octanol–water partition coefficient (Wildman–Crippen LogP) is 4.31. The molecule has 1 aliphatic heterocycles. The molecular formula is C14H18S.